The molecule has 1 unspecified atom stereocenters. The highest BCUT2D eigenvalue weighted by Crippen LogP contribution is 1.84. The van der Waals surface area contributed by atoms with Gasteiger partial charge in [-0.15, -0.1) is 0 Å². The lowest BCUT2D eigenvalue weighted by atomic mass is 10.3. The van der Waals surface area contributed by atoms with Gasteiger partial charge in [0.15, 0.2) is 0 Å². The van der Waals surface area contributed by atoms with E-state index in [2.05, 4.69) is 15.0 Å². The minimum atomic E-state index is -1.15. The topological polar surface area (TPSA) is 121 Å². The third-order valence-electron chi connectivity index (χ3n) is 0.667. The minimum absolute atomic E-state index is 0.542. The fourth-order valence-corrected chi connectivity index (χ4v) is 0.201. The van der Waals surface area contributed by atoms with Gasteiger partial charge in [-0.1, -0.05) is 0 Å². The van der Waals surface area contributed by atoms with Crippen molar-refractivity contribution < 1.29 is 14.7 Å². The van der Waals surface area contributed by atoms with E-state index in [-0.39, 0.29) is 0 Å². The molecule has 0 heterocycles. The number of hydrogen-bond acceptors (Lipinski definition) is 5. The van der Waals surface area contributed by atoms with Gasteiger partial charge in [0.25, 0.3) is 0 Å². The summed E-state index contributed by atoms with van der Waals surface area (Å²) < 4.78 is 0. The predicted octanol–water partition coefficient (Wildman–Crippen LogP) is -0.926. The molecule has 0 radical (unpaired) electrons. The van der Waals surface area contributed by atoms with Crippen LogP contribution in [-0.4, -0.2) is 23.7 Å². The van der Waals surface area contributed by atoms with Gasteiger partial charge in [-0.3, -0.25) is 0 Å². The number of rotatable bonds is 3. The maximum Gasteiger partial charge on any atom is 0.336 e. The summed E-state index contributed by atoms with van der Waals surface area (Å²) in [7, 11) is 0. The maximum atomic E-state index is 10.4. The number of aliphatic hydroxyl groups excluding tert-OH is 1. The first-order valence-corrected chi connectivity index (χ1v) is 2.34. The smallest absolute Gasteiger partial charge is 0.336 e. The Balaban J connectivity index is 3.72. The Hall–Kier alpha value is -1.30. The Kier molecular flexibility index (Phi) is 3.97. The zero-order chi connectivity index (χ0) is 7.98. The summed E-state index contributed by atoms with van der Waals surface area (Å²) in [5, 5.41) is 10.7. The number of hydrogen-bond donors (Lipinski definition) is 2. The van der Waals surface area contributed by atoms with E-state index in [1.54, 1.807) is 0 Å². The largest absolute Gasteiger partial charge is 0.394 e. The normalized spacial score (nSPS) is 11.4. The summed E-state index contributed by atoms with van der Waals surface area (Å²) >= 11 is 0. The third-order valence-corrected chi connectivity index (χ3v) is 0.667. The number of aliphatic hydroxyl groups is 1. The molecule has 0 aromatic rings. The summed E-state index contributed by atoms with van der Waals surface area (Å²) in [6.45, 7) is -0.542. The zero-order valence-corrected chi connectivity index (χ0v) is 4.97. The Morgan fingerprint density at radius 2 is 2.60 bits per heavy atom. The van der Waals surface area contributed by atoms with Gasteiger partial charge >= 0.3 is 5.97 Å². The molecule has 0 saturated carbocycles. The van der Waals surface area contributed by atoms with Crippen LogP contribution in [0.4, 0.5) is 0 Å². The van der Waals surface area contributed by atoms with Crippen molar-refractivity contribution in [2.75, 3.05) is 6.61 Å². The predicted molar refractivity (Wildman–Crippen MR) is 30.3 cm³/mol. The summed E-state index contributed by atoms with van der Waals surface area (Å²) in [4.78, 5) is 16.3. The van der Waals surface area contributed by atoms with E-state index < -0.39 is 18.6 Å². The van der Waals surface area contributed by atoms with E-state index in [9.17, 15) is 4.79 Å². The molecule has 0 rings (SSSR count). The second-order valence-corrected chi connectivity index (χ2v) is 1.37. The first kappa shape index (κ1) is 8.70. The molecule has 7 heteroatoms. The molecular formula is C3H6N4O3. The molecule has 3 N–H and O–H groups in total. The number of nitrogens with two attached hydrogens (primary N) is 1. The number of carbonyl (C=O) groups excluding carboxylic acids is 1. The standard InChI is InChI=1S/C3H6N4O3/c4-2(1-8)3(9)10-7-6-5/h2,8H,1,4H2. The van der Waals surface area contributed by atoms with Crippen LogP contribution in [-0.2, 0) is 9.63 Å². The molecule has 0 bridgehead atoms. The average Bonchev–Trinajstić information content (AvgIpc) is 1.98. The van der Waals surface area contributed by atoms with Gasteiger partial charge in [-0.25, -0.2) is 4.79 Å². The molecule has 0 amide bonds. The summed E-state index contributed by atoms with van der Waals surface area (Å²) in [5.41, 5.74) is 12.6. The first-order valence-electron chi connectivity index (χ1n) is 2.34. The molecule has 0 aliphatic rings. The van der Waals surface area contributed by atoms with Gasteiger partial charge < -0.3 is 15.7 Å². The molecule has 56 valence electrons. The molecule has 1 atom stereocenters. The average molecular weight is 146 g/mol. The van der Waals surface area contributed by atoms with Crippen molar-refractivity contribution in [1.29, 1.82) is 0 Å². The molecule has 7 nitrogen and oxygen atoms in total. The fourth-order valence-electron chi connectivity index (χ4n) is 0.201. The minimum Gasteiger partial charge on any atom is -0.394 e. The lowest BCUT2D eigenvalue weighted by Crippen LogP contribution is -2.34. The van der Waals surface area contributed by atoms with Crippen molar-refractivity contribution >= 4 is 5.97 Å². The SMILES string of the molecule is [N-]=[N+]=NOC(=O)C(N)CO. The molecule has 0 aromatic heterocycles. The molecule has 0 saturated heterocycles. The highest BCUT2D eigenvalue weighted by molar-refractivity contribution is 5.75. The maximum absolute atomic E-state index is 10.4. The Morgan fingerprint density at radius 1 is 2.00 bits per heavy atom. The van der Waals surface area contributed by atoms with Crippen molar-refractivity contribution in [3.05, 3.63) is 10.4 Å². The van der Waals surface area contributed by atoms with Crippen LogP contribution in [0.5, 0.6) is 0 Å². The van der Waals surface area contributed by atoms with Crippen LogP contribution in [0.3, 0.4) is 0 Å². The van der Waals surface area contributed by atoms with Gasteiger partial charge in [-0.2, -0.15) is 0 Å². The van der Waals surface area contributed by atoms with E-state index in [1.165, 1.54) is 0 Å². The van der Waals surface area contributed by atoms with Crippen molar-refractivity contribution in [3.8, 4) is 0 Å². The molecule has 10 heavy (non-hydrogen) atoms. The van der Waals surface area contributed by atoms with E-state index in [0.29, 0.717) is 0 Å². The number of nitrogens with zero attached hydrogens (tertiary/aromatic N) is 3. The Labute approximate surface area is 56.0 Å². The zero-order valence-electron chi connectivity index (χ0n) is 4.97. The molecule has 0 aliphatic carbocycles. The lowest BCUT2D eigenvalue weighted by Gasteiger charge is -2.01. The molecule has 0 spiro atoms. The van der Waals surface area contributed by atoms with Crippen LogP contribution in [0.2, 0.25) is 0 Å². The van der Waals surface area contributed by atoms with Crippen molar-refractivity contribution in [2.45, 2.75) is 6.04 Å². The van der Waals surface area contributed by atoms with Gasteiger partial charge in [-0.05, 0) is 5.53 Å². The van der Waals surface area contributed by atoms with Crippen LogP contribution in [0.15, 0.2) is 5.28 Å². The van der Waals surface area contributed by atoms with Crippen LogP contribution in [0, 0.1) is 0 Å². The Morgan fingerprint density at radius 3 is 3.00 bits per heavy atom. The van der Waals surface area contributed by atoms with Gasteiger partial charge in [0.2, 0.25) is 0 Å². The van der Waals surface area contributed by atoms with E-state index in [0.717, 1.165) is 0 Å². The van der Waals surface area contributed by atoms with Crippen LogP contribution in [0.1, 0.15) is 0 Å². The van der Waals surface area contributed by atoms with E-state index >= 15 is 0 Å². The van der Waals surface area contributed by atoms with Crippen molar-refractivity contribution in [1.82, 2.24) is 0 Å². The summed E-state index contributed by atoms with van der Waals surface area (Å²) in [6.07, 6.45) is 0. The number of carbonyl (C=O) groups is 1. The van der Waals surface area contributed by atoms with Crippen LogP contribution >= 0.6 is 0 Å². The quantitative estimate of drug-likeness (QED) is 0.231. The van der Waals surface area contributed by atoms with Crippen molar-refractivity contribution in [2.24, 2.45) is 11.0 Å². The summed E-state index contributed by atoms with van der Waals surface area (Å²) in [5.74, 6) is -0.958. The molecule has 0 aliphatic heterocycles. The Bertz CT molecular complexity index is 163. The van der Waals surface area contributed by atoms with Gasteiger partial charge in [0.1, 0.15) is 11.3 Å². The first-order chi connectivity index (χ1) is 4.72. The molecular weight excluding hydrogens is 140 g/mol. The van der Waals surface area contributed by atoms with Crippen LogP contribution in [0.25, 0.3) is 10.4 Å². The van der Waals surface area contributed by atoms with Crippen LogP contribution < -0.4 is 5.73 Å². The fraction of sp³-hybridized carbons (Fsp3) is 0.667. The van der Waals surface area contributed by atoms with Gasteiger partial charge in [0.05, 0.1) is 6.61 Å². The monoisotopic (exact) mass is 146 g/mol. The highest BCUT2D eigenvalue weighted by Gasteiger charge is 2.12. The van der Waals surface area contributed by atoms with E-state index in [1.807, 2.05) is 0 Å². The highest BCUT2D eigenvalue weighted by atomic mass is 16.7. The number of azide groups is 1. The van der Waals surface area contributed by atoms with E-state index in [4.69, 9.17) is 16.4 Å². The lowest BCUT2D eigenvalue weighted by molar-refractivity contribution is -0.146. The molecule has 0 fully saturated rings. The van der Waals surface area contributed by atoms with Crippen molar-refractivity contribution in [3.63, 3.8) is 0 Å². The summed E-state index contributed by atoms with van der Waals surface area (Å²) in [6, 6.07) is -1.15. The second-order valence-electron chi connectivity index (χ2n) is 1.37. The second kappa shape index (κ2) is 4.57. The third kappa shape index (κ3) is 2.88. The molecule has 0 aromatic carbocycles. The van der Waals surface area contributed by atoms with Gasteiger partial charge in [0, 0.05) is 4.91 Å².